The molecule has 0 radical (unpaired) electrons. The first-order valence-electron chi connectivity index (χ1n) is 14.2. The average molecular weight is 585 g/mol. The Morgan fingerprint density at radius 1 is 1.17 bits per heavy atom. The molecule has 2 aliphatic heterocycles. The maximum Gasteiger partial charge on any atom is 0.490 e. The van der Waals surface area contributed by atoms with Crippen LogP contribution in [-0.4, -0.2) is 70.7 Å². The van der Waals surface area contributed by atoms with Gasteiger partial charge in [0.1, 0.15) is 12.2 Å². The topological polar surface area (TPSA) is 92.1 Å². The number of aliphatic hydroxyl groups excluding tert-OH is 1. The van der Waals surface area contributed by atoms with E-state index < -0.39 is 18.2 Å². The first-order chi connectivity index (χ1) is 20.1. The zero-order valence-corrected chi connectivity index (χ0v) is 23.6. The Hall–Kier alpha value is -3.63. The molecule has 0 amide bonds. The fourth-order valence-electron chi connectivity index (χ4n) is 6.68. The van der Waals surface area contributed by atoms with E-state index in [1.54, 1.807) is 0 Å². The van der Waals surface area contributed by atoms with Gasteiger partial charge in [0.25, 0.3) is 0 Å². The van der Waals surface area contributed by atoms with Crippen molar-refractivity contribution in [3.05, 3.63) is 78.0 Å². The Kier molecular flexibility index (Phi) is 8.48. The molecule has 1 spiro atoms. The average Bonchev–Trinajstić information content (AvgIpc) is 3.33. The number of rotatable bonds is 4. The van der Waals surface area contributed by atoms with Crippen molar-refractivity contribution >= 4 is 16.9 Å². The van der Waals surface area contributed by atoms with Crippen molar-refractivity contribution in [1.29, 1.82) is 0 Å². The number of halogens is 3. The number of carboxylic acids is 1. The van der Waals surface area contributed by atoms with E-state index in [9.17, 15) is 18.3 Å². The number of likely N-dealkylation sites (tertiary alicyclic amines) is 1. The van der Waals surface area contributed by atoms with E-state index in [0.717, 1.165) is 55.9 Å². The highest BCUT2D eigenvalue weighted by Gasteiger charge is 2.64. The van der Waals surface area contributed by atoms with Crippen LogP contribution in [0.4, 0.5) is 13.2 Å². The fourth-order valence-corrected chi connectivity index (χ4v) is 6.68. The van der Waals surface area contributed by atoms with Crippen LogP contribution in [0.5, 0.6) is 11.5 Å². The summed E-state index contributed by atoms with van der Waals surface area (Å²) in [5.74, 6) is -0.569. The van der Waals surface area contributed by atoms with E-state index in [-0.39, 0.29) is 11.5 Å². The number of para-hydroxylation sites is 1. The molecule has 2 bridgehead atoms. The number of fused-ring (bicyclic) bond motifs is 1. The number of aliphatic hydroxyl groups is 1. The first-order valence-corrected chi connectivity index (χ1v) is 14.2. The first kappa shape index (κ1) is 29.8. The number of ether oxygens (including phenoxy) is 2. The van der Waals surface area contributed by atoms with Gasteiger partial charge in [-0.05, 0) is 56.6 Å². The van der Waals surface area contributed by atoms with Gasteiger partial charge in [-0.15, -0.1) is 0 Å². The Balaban J connectivity index is 0.000000170. The Bertz CT molecular complexity index is 1400. The SMILES string of the molecule is CCCCOc1ccc2c3c1O[C@H]1[C@@H](O)C=C[C@H]4[C@@H](C2)N(C)CC[C@@]341.O=C(O)C(F)(F)F.c1ccc2ncccc2c1. The van der Waals surface area contributed by atoms with Gasteiger partial charge in [0.15, 0.2) is 11.5 Å². The molecule has 2 aromatic carbocycles. The van der Waals surface area contributed by atoms with Gasteiger partial charge in [0, 0.05) is 34.5 Å². The van der Waals surface area contributed by atoms with Crippen molar-refractivity contribution in [1.82, 2.24) is 9.88 Å². The number of carboxylic acid groups (broad SMARTS) is 1. The van der Waals surface area contributed by atoms with Crippen LogP contribution in [0.2, 0.25) is 0 Å². The molecule has 1 aromatic heterocycles. The van der Waals surface area contributed by atoms with Crippen molar-refractivity contribution in [3.8, 4) is 11.5 Å². The maximum atomic E-state index is 10.7. The van der Waals surface area contributed by atoms with Gasteiger partial charge in [-0.1, -0.05) is 55.8 Å². The lowest BCUT2D eigenvalue weighted by Gasteiger charge is -2.56. The summed E-state index contributed by atoms with van der Waals surface area (Å²) in [4.78, 5) is 15.6. The third kappa shape index (κ3) is 5.45. The lowest BCUT2D eigenvalue weighted by atomic mass is 9.53. The molecule has 10 heteroatoms. The van der Waals surface area contributed by atoms with Gasteiger partial charge >= 0.3 is 12.1 Å². The van der Waals surface area contributed by atoms with Gasteiger partial charge in [0.05, 0.1) is 12.1 Å². The predicted octanol–water partition coefficient (Wildman–Crippen LogP) is 5.54. The minimum atomic E-state index is -5.08. The minimum Gasteiger partial charge on any atom is -0.490 e. The standard InChI is InChI=1S/C21H27NO3.C9H7N.C2HF3O2/c1-3-4-11-24-17-8-5-13-12-15-14-6-7-16(23)20-21(14,9-10-22(15)2)18(13)19(17)25-20;1-2-6-9-8(4-1)5-3-7-10-9;3-2(4,5)1(6)7/h5-8,14-16,20,23H,3-4,9-12H2,1-2H3;1-7H;(H,6,7)/t14-,15+,16-,20-,21-;;/m0../s1. The molecule has 3 aromatic rings. The second kappa shape index (κ2) is 11.9. The fraction of sp³-hybridized carbons (Fsp3) is 0.438. The molecule has 4 aliphatic rings. The number of aliphatic carboxylic acids is 1. The van der Waals surface area contributed by atoms with Gasteiger partial charge in [0.2, 0.25) is 0 Å². The molecule has 1 fully saturated rings. The summed E-state index contributed by atoms with van der Waals surface area (Å²) >= 11 is 0. The molecule has 7 rings (SSSR count). The number of carbonyl (C=O) groups is 1. The molecule has 1 saturated heterocycles. The molecule has 2 aliphatic carbocycles. The summed E-state index contributed by atoms with van der Waals surface area (Å²) in [6.07, 6.45) is 4.47. The summed E-state index contributed by atoms with van der Waals surface area (Å²) < 4.78 is 44.2. The third-order valence-corrected chi connectivity index (χ3v) is 8.64. The Morgan fingerprint density at radius 3 is 2.62 bits per heavy atom. The van der Waals surface area contributed by atoms with Crippen LogP contribution in [0.3, 0.4) is 0 Å². The summed E-state index contributed by atoms with van der Waals surface area (Å²) in [6.45, 7) is 3.95. The van der Waals surface area contributed by atoms with E-state index in [1.807, 2.05) is 36.5 Å². The number of nitrogens with zero attached hydrogens (tertiary/aromatic N) is 2. The van der Waals surface area contributed by atoms with Gasteiger partial charge < -0.3 is 24.6 Å². The maximum absolute atomic E-state index is 10.7. The zero-order chi connectivity index (χ0) is 30.1. The summed E-state index contributed by atoms with van der Waals surface area (Å²) in [7, 11) is 2.23. The lowest BCUT2D eigenvalue weighted by molar-refractivity contribution is -0.192. The number of benzene rings is 2. The molecular formula is C32H35F3N2O5. The van der Waals surface area contributed by atoms with Gasteiger partial charge in [-0.3, -0.25) is 4.98 Å². The molecule has 5 atom stereocenters. The number of hydrogen-bond donors (Lipinski definition) is 2. The number of alkyl halides is 3. The van der Waals surface area contributed by atoms with Gasteiger partial charge in [-0.2, -0.15) is 13.2 Å². The molecule has 0 unspecified atom stereocenters. The van der Waals surface area contributed by atoms with Crippen molar-refractivity contribution in [2.45, 2.75) is 62.4 Å². The molecule has 3 heterocycles. The summed E-state index contributed by atoms with van der Waals surface area (Å²) in [5, 5.41) is 19.0. The summed E-state index contributed by atoms with van der Waals surface area (Å²) in [6, 6.07) is 16.9. The predicted molar refractivity (Wildman–Crippen MR) is 152 cm³/mol. The van der Waals surface area contributed by atoms with Crippen molar-refractivity contribution in [2.75, 3.05) is 20.2 Å². The highest BCUT2D eigenvalue weighted by molar-refractivity contribution is 5.77. The van der Waals surface area contributed by atoms with E-state index in [2.05, 4.69) is 54.2 Å². The molecular weight excluding hydrogens is 549 g/mol. The van der Waals surface area contributed by atoms with Crippen LogP contribution in [0, 0.1) is 5.92 Å². The Morgan fingerprint density at radius 2 is 1.90 bits per heavy atom. The zero-order valence-electron chi connectivity index (χ0n) is 23.6. The highest BCUT2D eigenvalue weighted by Crippen LogP contribution is 2.62. The van der Waals surface area contributed by atoms with E-state index in [4.69, 9.17) is 19.4 Å². The van der Waals surface area contributed by atoms with Crippen LogP contribution in [0.1, 0.15) is 37.3 Å². The van der Waals surface area contributed by atoms with Crippen LogP contribution in [0.15, 0.2) is 66.9 Å². The second-order valence-electron chi connectivity index (χ2n) is 11.1. The number of likely N-dealkylation sites (N-methyl/N-ethyl adjacent to an activating group) is 1. The molecule has 2 N–H and O–H groups in total. The van der Waals surface area contributed by atoms with E-state index in [1.165, 1.54) is 16.5 Å². The number of hydrogen-bond acceptors (Lipinski definition) is 6. The smallest absolute Gasteiger partial charge is 0.490 e. The number of pyridine rings is 1. The third-order valence-electron chi connectivity index (χ3n) is 8.64. The molecule has 224 valence electrons. The molecule has 0 saturated carbocycles. The molecule has 7 nitrogen and oxygen atoms in total. The number of aromatic nitrogens is 1. The van der Waals surface area contributed by atoms with Crippen LogP contribution < -0.4 is 9.47 Å². The Labute approximate surface area is 242 Å². The highest BCUT2D eigenvalue weighted by atomic mass is 19.4. The monoisotopic (exact) mass is 584 g/mol. The van der Waals surface area contributed by atoms with Gasteiger partial charge in [-0.25, -0.2) is 4.79 Å². The van der Waals surface area contributed by atoms with Crippen molar-refractivity contribution in [3.63, 3.8) is 0 Å². The van der Waals surface area contributed by atoms with Crippen molar-refractivity contribution < 1.29 is 37.7 Å². The lowest BCUT2D eigenvalue weighted by Crippen LogP contribution is -2.64. The quantitative estimate of drug-likeness (QED) is 0.307. The van der Waals surface area contributed by atoms with E-state index in [0.29, 0.717) is 12.0 Å². The number of piperidine rings is 1. The van der Waals surface area contributed by atoms with Crippen LogP contribution in [0.25, 0.3) is 10.9 Å². The van der Waals surface area contributed by atoms with E-state index >= 15 is 0 Å². The largest absolute Gasteiger partial charge is 0.490 e. The normalized spacial score (nSPS) is 26.6. The number of unbranched alkanes of at least 4 members (excludes halogenated alkanes) is 1. The van der Waals surface area contributed by atoms with Crippen LogP contribution >= 0.6 is 0 Å². The molecule has 42 heavy (non-hydrogen) atoms. The van der Waals surface area contributed by atoms with Crippen LogP contribution in [-0.2, 0) is 16.6 Å². The van der Waals surface area contributed by atoms with Crippen molar-refractivity contribution in [2.24, 2.45) is 5.92 Å². The second-order valence-corrected chi connectivity index (χ2v) is 11.1. The summed E-state index contributed by atoms with van der Waals surface area (Å²) in [5.41, 5.74) is 3.70. The minimum absolute atomic E-state index is 0.0849.